The maximum absolute atomic E-state index is 13.4. The lowest BCUT2D eigenvalue weighted by molar-refractivity contribution is -0.131. The lowest BCUT2D eigenvalue weighted by Crippen LogP contribution is -2.51. The van der Waals surface area contributed by atoms with Gasteiger partial charge in [0.2, 0.25) is 0 Å². The maximum Gasteiger partial charge on any atom is 0.254 e. The molecule has 2 aliphatic heterocycles. The molecule has 1 N–H and O–H groups in total. The summed E-state index contributed by atoms with van der Waals surface area (Å²) in [4.78, 5) is 17.4. The van der Waals surface area contributed by atoms with E-state index in [2.05, 4.69) is 10.2 Å². The first kappa shape index (κ1) is 17.8. The number of carbonyl (C=O) groups excluding carboxylic acids is 1. The minimum atomic E-state index is -0.286. The van der Waals surface area contributed by atoms with E-state index in [1.807, 2.05) is 36.1 Å². The average molecular weight is 392 g/mol. The lowest BCUT2D eigenvalue weighted by Gasteiger charge is -2.40. The molecule has 1 atom stereocenters. The summed E-state index contributed by atoms with van der Waals surface area (Å²) in [5.74, 6) is 0.0522. The topological polar surface area (TPSA) is 44.8 Å². The molecule has 0 radical (unpaired) electrons. The zero-order valence-electron chi connectivity index (χ0n) is 14.7. The summed E-state index contributed by atoms with van der Waals surface area (Å²) in [5, 5.41) is 4.73. The molecule has 1 saturated carbocycles. The first-order valence-electron chi connectivity index (χ1n) is 8.99. The van der Waals surface area contributed by atoms with Crippen molar-refractivity contribution in [3.8, 4) is 0 Å². The standard InChI is InChI=1S/C19H22ClN3O2S/c1-12-16(18(24)22-7-9-25-10-8-22)17(13-3-2-4-14(20)11-13)21-19(26)23(12)15-5-6-15/h2-4,11,15,17H,5-10H2,1H3,(H,21,26). The van der Waals surface area contributed by atoms with Crippen LogP contribution in [0.3, 0.4) is 0 Å². The molecule has 0 spiro atoms. The summed E-state index contributed by atoms with van der Waals surface area (Å²) in [5.41, 5.74) is 2.67. The predicted octanol–water partition coefficient (Wildman–Crippen LogP) is 2.87. The number of allylic oxidation sites excluding steroid dienone is 1. The Bertz CT molecular complexity index is 772. The third-order valence-corrected chi connectivity index (χ3v) is 5.70. The molecule has 1 amide bonds. The van der Waals surface area contributed by atoms with Crippen LogP contribution in [0.5, 0.6) is 0 Å². The molecule has 4 rings (SSSR count). The van der Waals surface area contributed by atoms with Crippen molar-refractivity contribution in [2.75, 3.05) is 26.3 Å². The van der Waals surface area contributed by atoms with Crippen LogP contribution >= 0.6 is 23.8 Å². The highest BCUT2D eigenvalue weighted by atomic mass is 35.5. The summed E-state index contributed by atoms with van der Waals surface area (Å²) in [6.07, 6.45) is 2.22. The first-order valence-corrected chi connectivity index (χ1v) is 9.78. The number of carbonyl (C=O) groups is 1. The third-order valence-electron chi connectivity index (χ3n) is 5.15. The fourth-order valence-corrected chi connectivity index (χ4v) is 4.28. The predicted molar refractivity (Wildman–Crippen MR) is 105 cm³/mol. The molecule has 1 saturated heterocycles. The number of ether oxygens (including phenoxy) is 1. The van der Waals surface area contributed by atoms with Crippen molar-refractivity contribution in [3.63, 3.8) is 0 Å². The Morgan fingerprint density at radius 3 is 2.69 bits per heavy atom. The fraction of sp³-hybridized carbons (Fsp3) is 0.474. The van der Waals surface area contributed by atoms with Crippen molar-refractivity contribution < 1.29 is 9.53 Å². The van der Waals surface area contributed by atoms with Crippen LogP contribution in [0, 0.1) is 0 Å². The molecule has 3 aliphatic rings. The first-order chi connectivity index (χ1) is 12.6. The Kier molecular flexibility index (Phi) is 4.90. The summed E-state index contributed by atoms with van der Waals surface area (Å²) in [7, 11) is 0. The normalized spacial score (nSPS) is 23.9. The summed E-state index contributed by atoms with van der Waals surface area (Å²) < 4.78 is 5.40. The van der Waals surface area contributed by atoms with E-state index in [1.54, 1.807) is 0 Å². The van der Waals surface area contributed by atoms with E-state index in [1.165, 1.54) is 0 Å². The van der Waals surface area contributed by atoms with Gasteiger partial charge in [-0.1, -0.05) is 23.7 Å². The molecule has 26 heavy (non-hydrogen) atoms. The Morgan fingerprint density at radius 1 is 1.31 bits per heavy atom. The number of morpholine rings is 1. The summed E-state index contributed by atoms with van der Waals surface area (Å²) in [6.45, 7) is 4.41. The van der Waals surface area contributed by atoms with Gasteiger partial charge in [0.15, 0.2) is 5.11 Å². The van der Waals surface area contributed by atoms with Crippen LogP contribution in [0.4, 0.5) is 0 Å². The second-order valence-electron chi connectivity index (χ2n) is 6.94. The van der Waals surface area contributed by atoms with Crippen LogP contribution in [-0.4, -0.2) is 53.2 Å². The van der Waals surface area contributed by atoms with E-state index in [9.17, 15) is 4.79 Å². The number of halogens is 1. The van der Waals surface area contributed by atoms with E-state index in [0.29, 0.717) is 42.5 Å². The third kappa shape index (κ3) is 3.33. The molecule has 0 bridgehead atoms. The number of nitrogens with zero attached hydrogens (tertiary/aromatic N) is 2. The van der Waals surface area contributed by atoms with Gasteiger partial charge >= 0.3 is 0 Å². The van der Waals surface area contributed by atoms with Gasteiger partial charge in [-0.25, -0.2) is 0 Å². The molecule has 5 nitrogen and oxygen atoms in total. The largest absolute Gasteiger partial charge is 0.378 e. The summed E-state index contributed by atoms with van der Waals surface area (Å²) >= 11 is 11.8. The van der Waals surface area contributed by atoms with Crippen molar-refractivity contribution in [1.29, 1.82) is 0 Å². The molecule has 1 aromatic rings. The molecular weight excluding hydrogens is 370 g/mol. The zero-order chi connectivity index (χ0) is 18.3. The maximum atomic E-state index is 13.4. The number of hydrogen-bond acceptors (Lipinski definition) is 3. The highest BCUT2D eigenvalue weighted by Crippen LogP contribution is 2.38. The zero-order valence-corrected chi connectivity index (χ0v) is 16.3. The van der Waals surface area contributed by atoms with Crippen LogP contribution in [0.2, 0.25) is 5.02 Å². The molecule has 1 aliphatic carbocycles. The number of hydrogen-bond donors (Lipinski definition) is 1. The van der Waals surface area contributed by atoms with Crippen LogP contribution in [-0.2, 0) is 9.53 Å². The Morgan fingerprint density at radius 2 is 2.04 bits per heavy atom. The van der Waals surface area contributed by atoms with Crippen molar-refractivity contribution in [1.82, 2.24) is 15.1 Å². The number of thiocarbonyl (C=S) groups is 1. The van der Waals surface area contributed by atoms with Crippen LogP contribution in [0.1, 0.15) is 31.4 Å². The van der Waals surface area contributed by atoms with Crippen molar-refractivity contribution in [3.05, 3.63) is 46.1 Å². The van der Waals surface area contributed by atoms with Crippen LogP contribution < -0.4 is 5.32 Å². The number of benzene rings is 1. The Balaban J connectivity index is 1.76. The Hall–Kier alpha value is -1.63. The van der Waals surface area contributed by atoms with Crippen LogP contribution in [0.15, 0.2) is 35.5 Å². The van der Waals surface area contributed by atoms with Gasteiger partial charge in [-0.15, -0.1) is 0 Å². The highest BCUT2D eigenvalue weighted by molar-refractivity contribution is 7.80. The lowest BCUT2D eigenvalue weighted by atomic mass is 9.93. The van der Waals surface area contributed by atoms with E-state index < -0.39 is 0 Å². The molecule has 1 aromatic carbocycles. The number of nitrogens with one attached hydrogen (secondary N) is 1. The van der Waals surface area contributed by atoms with Gasteiger partial charge in [-0.2, -0.15) is 0 Å². The smallest absolute Gasteiger partial charge is 0.254 e. The molecule has 7 heteroatoms. The van der Waals surface area contributed by atoms with E-state index in [-0.39, 0.29) is 11.9 Å². The van der Waals surface area contributed by atoms with Gasteiger partial charge in [0.1, 0.15) is 0 Å². The number of amides is 1. The SMILES string of the molecule is CC1=C(C(=O)N2CCOCC2)C(c2cccc(Cl)c2)NC(=S)N1C1CC1. The van der Waals surface area contributed by atoms with Gasteiger partial charge in [-0.3, -0.25) is 4.79 Å². The van der Waals surface area contributed by atoms with Crippen LogP contribution in [0.25, 0.3) is 0 Å². The molecule has 0 aromatic heterocycles. The van der Waals surface area contributed by atoms with Gasteiger partial charge in [0, 0.05) is 29.9 Å². The monoisotopic (exact) mass is 391 g/mol. The number of rotatable bonds is 3. The van der Waals surface area contributed by atoms with Gasteiger partial charge in [0.05, 0.1) is 24.8 Å². The molecular formula is C19H22ClN3O2S. The van der Waals surface area contributed by atoms with Gasteiger partial charge in [0.25, 0.3) is 5.91 Å². The van der Waals surface area contributed by atoms with E-state index >= 15 is 0 Å². The molecule has 2 heterocycles. The fourth-order valence-electron chi connectivity index (χ4n) is 3.68. The van der Waals surface area contributed by atoms with E-state index in [4.69, 9.17) is 28.6 Å². The van der Waals surface area contributed by atoms with E-state index in [0.717, 1.165) is 29.7 Å². The Labute approximate surface area is 163 Å². The van der Waals surface area contributed by atoms with Crippen molar-refractivity contribution in [2.24, 2.45) is 0 Å². The molecule has 2 fully saturated rings. The summed E-state index contributed by atoms with van der Waals surface area (Å²) in [6, 6.07) is 7.74. The molecule has 138 valence electrons. The second kappa shape index (κ2) is 7.18. The molecule has 1 unspecified atom stereocenters. The second-order valence-corrected chi connectivity index (χ2v) is 7.77. The average Bonchev–Trinajstić information content (AvgIpc) is 3.46. The van der Waals surface area contributed by atoms with Gasteiger partial charge < -0.3 is 19.9 Å². The van der Waals surface area contributed by atoms with Crippen molar-refractivity contribution in [2.45, 2.75) is 31.8 Å². The highest BCUT2D eigenvalue weighted by Gasteiger charge is 2.41. The van der Waals surface area contributed by atoms with Crippen molar-refractivity contribution >= 4 is 34.8 Å². The minimum Gasteiger partial charge on any atom is -0.378 e. The van der Waals surface area contributed by atoms with Gasteiger partial charge in [-0.05, 0) is 49.7 Å². The minimum absolute atomic E-state index is 0.0522. The quantitative estimate of drug-likeness (QED) is 0.803.